The van der Waals surface area contributed by atoms with Gasteiger partial charge in [0.05, 0.1) is 23.4 Å². The Hall–Kier alpha value is -4.16. The van der Waals surface area contributed by atoms with Crippen molar-refractivity contribution in [2.45, 2.75) is 13.5 Å². The fraction of sp³-hybridized carbons (Fsp3) is 0.107. The Morgan fingerprint density at radius 2 is 1.74 bits per heavy atom. The van der Waals surface area contributed by atoms with Gasteiger partial charge in [-0.25, -0.2) is 14.8 Å². The number of para-hydroxylation sites is 1. The van der Waals surface area contributed by atoms with E-state index >= 15 is 0 Å². The summed E-state index contributed by atoms with van der Waals surface area (Å²) in [4.78, 5) is 21.0. The second-order valence-corrected chi connectivity index (χ2v) is 8.37. The van der Waals surface area contributed by atoms with E-state index in [9.17, 15) is 9.90 Å². The molecule has 174 valence electrons. The maximum absolute atomic E-state index is 11.8. The molecule has 0 fully saturated rings. The second-order valence-electron chi connectivity index (χ2n) is 8.01. The average molecular weight is 484 g/mol. The maximum atomic E-state index is 11.8. The maximum Gasteiger partial charge on any atom is 0.338 e. The fourth-order valence-electron chi connectivity index (χ4n) is 3.92. The van der Waals surface area contributed by atoms with E-state index in [4.69, 9.17) is 21.3 Å². The lowest BCUT2D eigenvalue weighted by Gasteiger charge is -2.12. The molecule has 0 amide bonds. The molecule has 0 aliphatic heterocycles. The molecular weight excluding hydrogens is 462 g/mol. The van der Waals surface area contributed by atoms with Gasteiger partial charge in [0, 0.05) is 34.1 Å². The number of ether oxygens (including phenoxy) is 1. The molecule has 35 heavy (non-hydrogen) atoms. The molecule has 0 aliphatic carbocycles. The highest BCUT2D eigenvalue weighted by atomic mass is 35.5. The predicted octanol–water partition coefficient (Wildman–Crippen LogP) is 6.60. The molecule has 5 aromatic rings. The molecule has 0 saturated carbocycles. The largest absolute Gasteiger partial charge is 0.505 e. The van der Waals surface area contributed by atoms with Crippen LogP contribution in [0.2, 0.25) is 5.15 Å². The van der Waals surface area contributed by atoms with Gasteiger partial charge in [-0.3, -0.25) is 0 Å². The van der Waals surface area contributed by atoms with E-state index in [2.05, 4.69) is 10.3 Å². The number of pyridine rings is 2. The number of phenols is 1. The number of aromatic nitrogens is 2. The van der Waals surface area contributed by atoms with Crippen molar-refractivity contribution >= 4 is 45.1 Å². The number of esters is 1. The van der Waals surface area contributed by atoms with Crippen LogP contribution >= 0.6 is 11.6 Å². The van der Waals surface area contributed by atoms with Gasteiger partial charge in [0.2, 0.25) is 0 Å². The van der Waals surface area contributed by atoms with Gasteiger partial charge in [-0.15, -0.1) is 0 Å². The molecule has 0 unspecified atom stereocenters. The minimum Gasteiger partial charge on any atom is -0.505 e. The van der Waals surface area contributed by atoms with Crippen LogP contribution in [0.15, 0.2) is 78.9 Å². The number of halogens is 1. The molecule has 7 heteroatoms. The lowest BCUT2D eigenvalue weighted by molar-refractivity contribution is 0.0526. The van der Waals surface area contributed by atoms with Crippen LogP contribution in [0.3, 0.4) is 0 Å². The SMILES string of the molecule is CCOC(=O)c1ccc(NCc2ccc3ccc(-c4cc5ccccc5nc4Cl)nc3c2O)cc1. The van der Waals surface area contributed by atoms with Gasteiger partial charge < -0.3 is 15.2 Å². The van der Waals surface area contributed by atoms with Crippen molar-refractivity contribution in [2.24, 2.45) is 0 Å². The van der Waals surface area contributed by atoms with Gasteiger partial charge in [-0.2, -0.15) is 0 Å². The summed E-state index contributed by atoms with van der Waals surface area (Å²) >= 11 is 6.47. The zero-order valence-electron chi connectivity index (χ0n) is 19.0. The number of anilines is 1. The molecule has 0 saturated heterocycles. The molecule has 3 aromatic carbocycles. The quantitative estimate of drug-likeness (QED) is 0.209. The van der Waals surface area contributed by atoms with E-state index in [1.54, 1.807) is 31.2 Å². The first-order chi connectivity index (χ1) is 17.0. The number of fused-ring (bicyclic) bond motifs is 2. The van der Waals surface area contributed by atoms with Gasteiger partial charge in [-0.05, 0) is 49.4 Å². The normalized spacial score (nSPS) is 11.0. The summed E-state index contributed by atoms with van der Waals surface area (Å²) in [7, 11) is 0. The van der Waals surface area contributed by atoms with Crippen LogP contribution in [0.5, 0.6) is 5.75 Å². The molecule has 2 heterocycles. The minimum absolute atomic E-state index is 0.102. The van der Waals surface area contributed by atoms with E-state index in [-0.39, 0.29) is 11.7 Å². The Kier molecular flexibility index (Phi) is 6.21. The Bertz CT molecular complexity index is 1550. The van der Waals surface area contributed by atoms with Gasteiger partial charge >= 0.3 is 5.97 Å². The van der Waals surface area contributed by atoms with Crippen molar-refractivity contribution in [1.29, 1.82) is 0 Å². The summed E-state index contributed by atoms with van der Waals surface area (Å²) in [6, 6.07) is 24.3. The first kappa shape index (κ1) is 22.6. The van der Waals surface area contributed by atoms with E-state index in [1.807, 2.05) is 54.6 Å². The third kappa shape index (κ3) is 4.61. The number of nitrogens with one attached hydrogen (secondary N) is 1. The van der Waals surface area contributed by atoms with Gasteiger partial charge in [0.25, 0.3) is 0 Å². The summed E-state index contributed by atoms with van der Waals surface area (Å²) in [5, 5.41) is 16.4. The topological polar surface area (TPSA) is 84.3 Å². The summed E-state index contributed by atoms with van der Waals surface area (Å²) in [5.74, 6) is -0.250. The third-order valence-electron chi connectivity index (χ3n) is 5.75. The van der Waals surface area contributed by atoms with E-state index in [0.717, 1.165) is 22.0 Å². The monoisotopic (exact) mass is 483 g/mol. The number of nitrogens with zero attached hydrogens (tertiary/aromatic N) is 2. The lowest BCUT2D eigenvalue weighted by Crippen LogP contribution is -2.05. The number of carbonyl (C=O) groups is 1. The van der Waals surface area contributed by atoms with Crippen molar-refractivity contribution in [3.05, 3.63) is 95.1 Å². The van der Waals surface area contributed by atoms with Crippen LogP contribution in [0, 0.1) is 0 Å². The number of rotatable bonds is 6. The van der Waals surface area contributed by atoms with Crippen LogP contribution < -0.4 is 5.32 Å². The first-order valence-electron chi connectivity index (χ1n) is 11.2. The van der Waals surface area contributed by atoms with Crippen molar-refractivity contribution in [3.63, 3.8) is 0 Å². The number of hydrogen-bond donors (Lipinski definition) is 2. The van der Waals surface area contributed by atoms with Gasteiger partial charge in [0.15, 0.2) is 0 Å². The molecular formula is C28H22ClN3O3. The second kappa shape index (κ2) is 9.60. The highest BCUT2D eigenvalue weighted by Crippen LogP contribution is 2.33. The number of hydrogen-bond acceptors (Lipinski definition) is 6. The molecule has 5 rings (SSSR count). The molecule has 0 atom stereocenters. The lowest BCUT2D eigenvalue weighted by atomic mass is 10.1. The zero-order valence-corrected chi connectivity index (χ0v) is 19.7. The molecule has 0 radical (unpaired) electrons. The van der Waals surface area contributed by atoms with Crippen molar-refractivity contribution in [3.8, 4) is 17.0 Å². The van der Waals surface area contributed by atoms with Crippen LogP contribution in [-0.2, 0) is 11.3 Å². The summed E-state index contributed by atoms with van der Waals surface area (Å²) in [6.07, 6.45) is 0. The zero-order chi connectivity index (χ0) is 24.4. The van der Waals surface area contributed by atoms with Crippen LogP contribution in [0.1, 0.15) is 22.8 Å². The third-order valence-corrected chi connectivity index (χ3v) is 6.04. The van der Waals surface area contributed by atoms with Crippen LogP contribution in [-0.4, -0.2) is 27.7 Å². The number of benzene rings is 3. The average Bonchev–Trinajstić information content (AvgIpc) is 2.88. The summed E-state index contributed by atoms with van der Waals surface area (Å²) < 4.78 is 5.01. The Morgan fingerprint density at radius 1 is 0.971 bits per heavy atom. The highest BCUT2D eigenvalue weighted by molar-refractivity contribution is 6.32. The van der Waals surface area contributed by atoms with Crippen molar-refractivity contribution in [1.82, 2.24) is 9.97 Å². The van der Waals surface area contributed by atoms with E-state index in [1.165, 1.54) is 0 Å². The fourth-order valence-corrected chi connectivity index (χ4v) is 4.16. The molecule has 0 spiro atoms. The van der Waals surface area contributed by atoms with Gasteiger partial charge in [-0.1, -0.05) is 48.0 Å². The Labute approximate surface area is 207 Å². The van der Waals surface area contributed by atoms with Gasteiger partial charge in [0.1, 0.15) is 16.4 Å². The standard InChI is InChI=1S/C28H22ClN3O3/c1-2-35-28(34)18-9-12-21(13-10-18)30-16-20-8-7-17-11-14-24(31-25(17)26(20)33)22-15-19-5-3-4-6-23(19)32-27(22)29/h3-15,30,33H,2,16H2,1H3. The number of aromatic hydroxyl groups is 1. The smallest absolute Gasteiger partial charge is 0.338 e. The number of phenolic OH excluding ortho intramolecular Hbond substituents is 1. The Morgan fingerprint density at radius 3 is 2.54 bits per heavy atom. The van der Waals surface area contributed by atoms with Crippen LogP contribution in [0.25, 0.3) is 33.1 Å². The minimum atomic E-state index is -0.352. The van der Waals surface area contributed by atoms with Crippen molar-refractivity contribution in [2.75, 3.05) is 11.9 Å². The highest BCUT2D eigenvalue weighted by Gasteiger charge is 2.13. The summed E-state index contributed by atoms with van der Waals surface area (Å²) in [5.41, 5.74) is 4.64. The number of carbonyl (C=O) groups excluding carboxylic acids is 1. The van der Waals surface area contributed by atoms with E-state index < -0.39 is 0 Å². The molecule has 6 nitrogen and oxygen atoms in total. The molecule has 2 N–H and O–H groups in total. The molecule has 0 aliphatic rings. The molecule has 2 aromatic heterocycles. The van der Waals surface area contributed by atoms with Crippen molar-refractivity contribution < 1.29 is 14.6 Å². The Balaban J connectivity index is 1.42. The first-order valence-corrected chi connectivity index (χ1v) is 11.6. The predicted molar refractivity (Wildman–Crippen MR) is 139 cm³/mol. The van der Waals surface area contributed by atoms with Crippen LogP contribution in [0.4, 0.5) is 5.69 Å². The summed E-state index contributed by atoms with van der Waals surface area (Å²) in [6.45, 7) is 2.49. The van der Waals surface area contributed by atoms with E-state index in [0.29, 0.717) is 46.2 Å². The molecule has 0 bridgehead atoms.